The van der Waals surface area contributed by atoms with E-state index >= 15 is 0 Å². The second kappa shape index (κ2) is 2.64. The largest absolute Gasteiger partial charge is 0.387 e. The van der Waals surface area contributed by atoms with Gasteiger partial charge in [0.15, 0.2) is 6.29 Å². The molecule has 0 radical (unpaired) electrons. The minimum absolute atomic E-state index is 0.204. The van der Waals surface area contributed by atoms with Crippen LogP contribution < -0.4 is 0 Å². The van der Waals surface area contributed by atoms with Crippen LogP contribution in [0.25, 0.3) is 0 Å². The summed E-state index contributed by atoms with van der Waals surface area (Å²) >= 11 is 0. The molecule has 0 saturated carbocycles. The number of hydrogen-bond acceptors (Lipinski definition) is 3. The molecule has 1 heterocycles. The summed E-state index contributed by atoms with van der Waals surface area (Å²) < 4.78 is 9.88. The molecule has 0 spiro atoms. The highest BCUT2D eigenvalue weighted by Crippen LogP contribution is 2.19. The van der Waals surface area contributed by atoms with Gasteiger partial charge < -0.3 is 14.6 Å². The van der Waals surface area contributed by atoms with Crippen LogP contribution in [0.5, 0.6) is 0 Å². The van der Waals surface area contributed by atoms with Crippen molar-refractivity contribution in [2.24, 2.45) is 5.92 Å². The Kier molecular flexibility index (Phi) is 2.05. The maximum absolute atomic E-state index is 9.21. The summed E-state index contributed by atoms with van der Waals surface area (Å²) in [5.41, 5.74) is 0. The van der Waals surface area contributed by atoms with Gasteiger partial charge in [0.25, 0.3) is 0 Å². The molecule has 1 fully saturated rings. The van der Waals surface area contributed by atoms with Crippen LogP contribution in [0.2, 0.25) is 0 Å². The summed E-state index contributed by atoms with van der Waals surface area (Å²) in [4.78, 5) is 0. The van der Waals surface area contributed by atoms with Gasteiger partial charge in [0, 0.05) is 13.0 Å². The third-order valence-electron chi connectivity index (χ3n) is 1.62. The zero-order valence-electron chi connectivity index (χ0n) is 5.70. The average molecular weight is 132 g/mol. The van der Waals surface area contributed by atoms with E-state index in [2.05, 4.69) is 0 Å². The molecule has 0 unspecified atom stereocenters. The Labute approximate surface area is 54.6 Å². The molecule has 0 aromatic heterocycles. The zero-order chi connectivity index (χ0) is 6.85. The summed E-state index contributed by atoms with van der Waals surface area (Å²) in [6.07, 6.45) is -0.852. The fourth-order valence-corrected chi connectivity index (χ4v) is 0.920. The van der Waals surface area contributed by atoms with Crippen LogP contribution in [0.1, 0.15) is 6.92 Å². The average Bonchev–Trinajstić information content (AvgIpc) is 2.15. The Hall–Kier alpha value is -0.120. The number of methoxy groups -OCH3 is 1. The van der Waals surface area contributed by atoms with E-state index < -0.39 is 12.4 Å². The minimum atomic E-state index is -0.449. The van der Waals surface area contributed by atoms with E-state index in [1.54, 1.807) is 0 Å². The van der Waals surface area contributed by atoms with E-state index in [1.165, 1.54) is 7.11 Å². The van der Waals surface area contributed by atoms with Gasteiger partial charge in [0.05, 0.1) is 6.61 Å². The van der Waals surface area contributed by atoms with Gasteiger partial charge in [0.1, 0.15) is 6.10 Å². The fraction of sp³-hybridized carbons (Fsp3) is 1.00. The van der Waals surface area contributed by atoms with E-state index in [0.717, 1.165) is 0 Å². The van der Waals surface area contributed by atoms with Gasteiger partial charge in [-0.15, -0.1) is 0 Å². The van der Waals surface area contributed by atoms with Crippen molar-refractivity contribution in [2.45, 2.75) is 19.3 Å². The molecule has 0 aromatic carbocycles. The first-order chi connectivity index (χ1) is 4.25. The molecule has 0 aromatic rings. The summed E-state index contributed by atoms with van der Waals surface area (Å²) in [6.45, 7) is 2.53. The highest BCUT2D eigenvalue weighted by molar-refractivity contribution is 4.73. The van der Waals surface area contributed by atoms with Gasteiger partial charge in [-0.3, -0.25) is 0 Å². The van der Waals surface area contributed by atoms with Crippen LogP contribution in [-0.4, -0.2) is 31.2 Å². The maximum Gasteiger partial charge on any atom is 0.183 e. The molecule has 54 valence electrons. The van der Waals surface area contributed by atoms with Crippen LogP contribution in [0.3, 0.4) is 0 Å². The number of rotatable bonds is 1. The predicted octanol–water partition coefficient (Wildman–Crippen LogP) is -0.0139. The Morgan fingerprint density at radius 3 is 2.56 bits per heavy atom. The van der Waals surface area contributed by atoms with E-state index in [9.17, 15) is 5.11 Å². The molecule has 3 nitrogen and oxygen atoms in total. The first kappa shape index (κ1) is 6.99. The molecular formula is C6H12O3. The number of aliphatic hydroxyl groups is 1. The fourth-order valence-electron chi connectivity index (χ4n) is 0.920. The topological polar surface area (TPSA) is 38.7 Å². The van der Waals surface area contributed by atoms with Crippen LogP contribution in [0, 0.1) is 5.92 Å². The Morgan fingerprint density at radius 2 is 2.33 bits per heavy atom. The van der Waals surface area contributed by atoms with Crippen LogP contribution >= 0.6 is 0 Å². The highest BCUT2D eigenvalue weighted by atomic mass is 16.7. The normalized spacial score (nSPS) is 43.7. The zero-order valence-corrected chi connectivity index (χ0v) is 5.70. The second-order valence-electron chi connectivity index (χ2n) is 2.41. The van der Waals surface area contributed by atoms with Crippen molar-refractivity contribution in [1.82, 2.24) is 0 Å². The molecule has 0 bridgehead atoms. The molecule has 1 saturated heterocycles. The molecule has 1 aliphatic heterocycles. The van der Waals surface area contributed by atoms with E-state index in [4.69, 9.17) is 9.47 Å². The van der Waals surface area contributed by atoms with Crippen LogP contribution in [0.15, 0.2) is 0 Å². The van der Waals surface area contributed by atoms with E-state index in [0.29, 0.717) is 6.61 Å². The lowest BCUT2D eigenvalue weighted by Gasteiger charge is -2.12. The maximum atomic E-state index is 9.21. The van der Waals surface area contributed by atoms with Gasteiger partial charge in [-0.05, 0) is 0 Å². The van der Waals surface area contributed by atoms with Crippen molar-refractivity contribution >= 4 is 0 Å². The van der Waals surface area contributed by atoms with Gasteiger partial charge in [-0.1, -0.05) is 6.92 Å². The molecule has 3 heteroatoms. The molecular weight excluding hydrogens is 120 g/mol. The molecule has 3 atom stereocenters. The van der Waals surface area contributed by atoms with Crippen LogP contribution in [0.4, 0.5) is 0 Å². The van der Waals surface area contributed by atoms with Crippen molar-refractivity contribution in [3.63, 3.8) is 0 Å². The Bertz CT molecular complexity index is 94.3. The molecule has 1 rings (SSSR count). The molecule has 1 N–H and O–H groups in total. The Balaban J connectivity index is 2.41. The first-order valence-electron chi connectivity index (χ1n) is 3.08. The summed E-state index contributed by atoms with van der Waals surface area (Å²) in [5.74, 6) is 0.204. The van der Waals surface area contributed by atoms with Gasteiger partial charge in [-0.2, -0.15) is 0 Å². The molecule has 9 heavy (non-hydrogen) atoms. The van der Waals surface area contributed by atoms with Gasteiger partial charge in [0.2, 0.25) is 0 Å². The Morgan fingerprint density at radius 1 is 1.67 bits per heavy atom. The summed E-state index contributed by atoms with van der Waals surface area (Å²) in [7, 11) is 1.53. The first-order valence-corrected chi connectivity index (χ1v) is 3.08. The number of ether oxygens (including phenoxy) is 2. The third-order valence-corrected chi connectivity index (χ3v) is 1.62. The quantitative estimate of drug-likeness (QED) is 0.545. The molecule has 0 aliphatic carbocycles. The third kappa shape index (κ3) is 1.23. The van der Waals surface area contributed by atoms with Crippen molar-refractivity contribution in [3.05, 3.63) is 0 Å². The van der Waals surface area contributed by atoms with Crippen molar-refractivity contribution in [3.8, 4) is 0 Å². The van der Waals surface area contributed by atoms with E-state index in [1.807, 2.05) is 6.92 Å². The van der Waals surface area contributed by atoms with Crippen LogP contribution in [-0.2, 0) is 9.47 Å². The number of hydrogen-bond donors (Lipinski definition) is 1. The van der Waals surface area contributed by atoms with Crippen molar-refractivity contribution in [1.29, 1.82) is 0 Å². The monoisotopic (exact) mass is 132 g/mol. The number of aliphatic hydroxyl groups excluding tert-OH is 1. The standard InChI is InChI=1S/C6H12O3/c1-4-3-9-6(8-2)5(4)7/h4-7H,3H2,1-2H3/t4-,5+,6+/m0/s1. The minimum Gasteiger partial charge on any atom is -0.387 e. The highest BCUT2D eigenvalue weighted by Gasteiger charge is 2.32. The lowest BCUT2D eigenvalue weighted by atomic mass is 10.1. The van der Waals surface area contributed by atoms with Gasteiger partial charge >= 0.3 is 0 Å². The summed E-state index contributed by atoms with van der Waals surface area (Å²) in [6, 6.07) is 0. The summed E-state index contributed by atoms with van der Waals surface area (Å²) in [5, 5.41) is 9.21. The lowest BCUT2D eigenvalue weighted by molar-refractivity contribution is -0.132. The van der Waals surface area contributed by atoms with Gasteiger partial charge in [-0.25, -0.2) is 0 Å². The molecule has 0 amide bonds. The SMILES string of the molecule is CO[C@@H]1OC[C@H](C)[C@H]1O. The van der Waals surface area contributed by atoms with E-state index in [-0.39, 0.29) is 5.92 Å². The van der Waals surface area contributed by atoms with Crippen molar-refractivity contribution in [2.75, 3.05) is 13.7 Å². The van der Waals surface area contributed by atoms with Crippen molar-refractivity contribution < 1.29 is 14.6 Å². The smallest absolute Gasteiger partial charge is 0.183 e. The predicted molar refractivity (Wildman–Crippen MR) is 31.9 cm³/mol. The molecule has 1 aliphatic rings. The lowest BCUT2D eigenvalue weighted by Crippen LogP contribution is -2.26. The second-order valence-corrected chi connectivity index (χ2v) is 2.41.